The smallest absolute Gasteiger partial charge is 0.256 e. The number of ether oxygens (including phenoxy) is 1. The zero-order valence-electron chi connectivity index (χ0n) is 17.0. The van der Waals surface area contributed by atoms with E-state index in [2.05, 4.69) is 23.4 Å². The van der Waals surface area contributed by atoms with Gasteiger partial charge in [0.2, 0.25) is 0 Å². The number of benzene rings is 1. The van der Waals surface area contributed by atoms with E-state index in [0.29, 0.717) is 19.0 Å². The minimum Gasteiger partial charge on any atom is -0.497 e. The van der Waals surface area contributed by atoms with Gasteiger partial charge in [-0.3, -0.25) is 4.79 Å². The molecule has 148 valence electrons. The van der Waals surface area contributed by atoms with Gasteiger partial charge in [-0.2, -0.15) is 0 Å². The van der Waals surface area contributed by atoms with Gasteiger partial charge in [-0.25, -0.2) is 0 Å². The SMILES string of the molecule is CCN(C)C[C@H]1CN(C(=O)c2c(C)n(C)c3ccc(OC)cc23)C[C@H]1CO. The van der Waals surface area contributed by atoms with Crippen molar-refractivity contribution < 1.29 is 14.6 Å². The maximum atomic E-state index is 13.4. The minimum atomic E-state index is 0.0476. The minimum absolute atomic E-state index is 0.0476. The van der Waals surface area contributed by atoms with Crippen LogP contribution in [-0.4, -0.2) is 72.3 Å². The average Bonchev–Trinajstić information content (AvgIpc) is 3.19. The van der Waals surface area contributed by atoms with Gasteiger partial charge in [0.1, 0.15) is 5.75 Å². The molecule has 0 bridgehead atoms. The van der Waals surface area contributed by atoms with Gasteiger partial charge >= 0.3 is 0 Å². The van der Waals surface area contributed by atoms with Gasteiger partial charge in [0, 0.05) is 55.8 Å². The highest BCUT2D eigenvalue weighted by atomic mass is 16.5. The number of amides is 1. The van der Waals surface area contributed by atoms with Crippen LogP contribution in [0.3, 0.4) is 0 Å². The molecule has 1 fully saturated rings. The number of rotatable bonds is 6. The van der Waals surface area contributed by atoms with Crippen LogP contribution >= 0.6 is 0 Å². The van der Waals surface area contributed by atoms with Gasteiger partial charge in [-0.1, -0.05) is 6.92 Å². The summed E-state index contributed by atoms with van der Waals surface area (Å²) in [6.45, 7) is 7.39. The predicted octanol–water partition coefficient (Wildman–Crippen LogP) is 2.13. The number of methoxy groups -OCH3 is 1. The summed E-state index contributed by atoms with van der Waals surface area (Å²) in [7, 11) is 5.71. The standard InChI is InChI=1S/C21H31N3O3/c1-6-22(3)10-15-11-24(12-16(15)13-25)21(26)20-14(2)23(4)19-8-7-17(27-5)9-18(19)20/h7-9,15-16,25H,6,10-13H2,1-5H3/t15-,16-/m0/s1. The Hall–Kier alpha value is -2.05. The lowest BCUT2D eigenvalue weighted by molar-refractivity contribution is 0.0780. The molecule has 0 saturated carbocycles. The quantitative estimate of drug-likeness (QED) is 0.843. The summed E-state index contributed by atoms with van der Waals surface area (Å²) < 4.78 is 7.43. The van der Waals surface area contributed by atoms with Crippen LogP contribution in [0, 0.1) is 18.8 Å². The molecule has 3 rings (SSSR count). The van der Waals surface area contributed by atoms with Crippen LogP contribution in [0.25, 0.3) is 10.9 Å². The molecule has 2 aromatic rings. The first-order valence-electron chi connectivity index (χ1n) is 9.62. The normalized spacial score (nSPS) is 20.0. The molecule has 1 aliphatic heterocycles. The van der Waals surface area contributed by atoms with Crippen molar-refractivity contribution in [1.29, 1.82) is 0 Å². The van der Waals surface area contributed by atoms with Crippen molar-refractivity contribution in [2.75, 3.05) is 46.9 Å². The molecule has 27 heavy (non-hydrogen) atoms. The van der Waals surface area contributed by atoms with Crippen molar-refractivity contribution in [2.24, 2.45) is 18.9 Å². The third kappa shape index (κ3) is 3.56. The summed E-state index contributed by atoms with van der Waals surface area (Å²) in [6.07, 6.45) is 0. The Morgan fingerprint density at radius 1 is 1.33 bits per heavy atom. The third-order valence-corrected chi connectivity index (χ3v) is 6.10. The predicted molar refractivity (Wildman–Crippen MR) is 107 cm³/mol. The molecule has 6 nitrogen and oxygen atoms in total. The molecule has 0 spiro atoms. The molecule has 0 unspecified atom stereocenters. The van der Waals surface area contributed by atoms with Crippen LogP contribution in [0.2, 0.25) is 0 Å². The highest BCUT2D eigenvalue weighted by Gasteiger charge is 2.36. The highest BCUT2D eigenvalue weighted by Crippen LogP contribution is 2.32. The van der Waals surface area contributed by atoms with Crippen LogP contribution in [0.4, 0.5) is 0 Å². The second kappa shape index (κ2) is 7.90. The van der Waals surface area contributed by atoms with Crippen molar-refractivity contribution in [1.82, 2.24) is 14.4 Å². The van der Waals surface area contributed by atoms with Gasteiger partial charge in [-0.15, -0.1) is 0 Å². The number of hydrogen-bond acceptors (Lipinski definition) is 4. The average molecular weight is 373 g/mol. The number of likely N-dealkylation sites (tertiary alicyclic amines) is 1. The van der Waals surface area contributed by atoms with Crippen LogP contribution < -0.4 is 4.74 Å². The van der Waals surface area contributed by atoms with E-state index in [9.17, 15) is 9.90 Å². The van der Waals surface area contributed by atoms with Gasteiger partial charge in [-0.05, 0) is 44.6 Å². The van der Waals surface area contributed by atoms with E-state index in [1.807, 2.05) is 37.1 Å². The van der Waals surface area contributed by atoms with Gasteiger partial charge in [0.25, 0.3) is 5.91 Å². The third-order valence-electron chi connectivity index (χ3n) is 6.10. The number of carbonyl (C=O) groups is 1. The Morgan fingerprint density at radius 2 is 2.04 bits per heavy atom. The Morgan fingerprint density at radius 3 is 2.67 bits per heavy atom. The Labute approximate surface area is 161 Å². The first-order valence-corrected chi connectivity index (χ1v) is 9.62. The number of aliphatic hydroxyl groups is 1. The van der Waals surface area contributed by atoms with Gasteiger partial charge in [0.15, 0.2) is 0 Å². The molecule has 1 aliphatic rings. The summed E-state index contributed by atoms with van der Waals surface area (Å²) >= 11 is 0. The van der Waals surface area contributed by atoms with Crippen molar-refractivity contribution in [2.45, 2.75) is 13.8 Å². The van der Waals surface area contributed by atoms with E-state index in [4.69, 9.17) is 4.74 Å². The van der Waals surface area contributed by atoms with E-state index >= 15 is 0 Å². The van der Waals surface area contributed by atoms with Crippen LogP contribution in [0.5, 0.6) is 5.75 Å². The summed E-state index contributed by atoms with van der Waals surface area (Å²) in [6, 6.07) is 5.86. The maximum absolute atomic E-state index is 13.4. The molecule has 6 heteroatoms. The fraction of sp³-hybridized carbons (Fsp3) is 0.571. The fourth-order valence-corrected chi connectivity index (χ4v) is 4.15. The number of aromatic nitrogens is 1. The zero-order chi connectivity index (χ0) is 19.7. The lowest BCUT2D eigenvalue weighted by Gasteiger charge is -2.22. The molecule has 1 aromatic heterocycles. The summed E-state index contributed by atoms with van der Waals surface area (Å²) in [5.41, 5.74) is 2.72. The van der Waals surface area contributed by atoms with E-state index in [1.165, 1.54) is 0 Å². The molecule has 2 atom stereocenters. The molecule has 0 radical (unpaired) electrons. The number of carbonyl (C=O) groups excluding carboxylic acids is 1. The molecule has 1 N–H and O–H groups in total. The Bertz CT molecular complexity index is 830. The van der Waals surface area contributed by atoms with Crippen LogP contribution in [0.15, 0.2) is 18.2 Å². The highest BCUT2D eigenvalue weighted by molar-refractivity contribution is 6.08. The molecule has 2 heterocycles. The van der Waals surface area contributed by atoms with Crippen molar-refractivity contribution in [3.05, 3.63) is 29.5 Å². The number of aliphatic hydroxyl groups excluding tert-OH is 1. The number of fused-ring (bicyclic) bond motifs is 1. The van der Waals surface area contributed by atoms with Crippen molar-refractivity contribution >= 4 is 16.8 Å². The molecule has 1 aromatic carbocycles. The lowest BCUT2D eigenvalue weighted by atomic mass is 9.96. The Kier molecular flexibility index (Phi) is 5.77. The first-order chi connectivity index (χ1) is 12.9. The maximum Gasteiger partial charge on any atom is 0.256 e. The summed E-state index contributed by atoms with van der Waals surface area (Å²) in [4.78, 5) is 17.6. The summed E-state index contributed by atoms with van der Waals surface area (Å²) in [5, 5.41) is 10.7. The van der Waals surface area contributed by atoms with E-state index in [-0.39, 0.29) is 18.4 Å². The number of aryl methyl sites for hydroxylation is 1. The van der Waals surface area contributed by atoms with Crippen LogP contribution in [-0.2, 0) is 7.05 Å². The van der Waals surface area contributed by atoms with Gasteiger partial charge in [0.05, 0.1) is 12.7 Å². The van der Waals surface area contributed by atoms with Crippen molar-refractivity contribution in [3.63, 3.8) is 0 Å². The first kappa shape index (κ1) is 19.7. The fourth-order valence-electron chi connectivity index (χ4n) is 4.15. The molecular formula is C21H31N3O3. The molecule has 1 saturated heterocycles. The molecule has 0 aliphatic carbocycles. The second-order valence-corrected chi connectivity index (χ2v) is 7.67. The topological polar surface area (TPSA) is 57.9 Å². The van der Waals surface area contributed by atoms with Crippen molar-refractivity contribution in [3.8, 4) is 5.75 Å². The van der Waals surface area contributed by atoms with E-state index in [0.717, 1.165) is 41.0 Å². The zero-order valence-corrected chi connectivity index (χ0v) is 17.0. The summed E-state index contributed by atoms with van der Waals surface area (Å²) in [5.74, 6) is 1.23. The molecule has 1 amide bonds. The lowest BCUT2D eigenvalue weighted by Crippen LogP contribution is -2.32. The number of hydrogen-bond donors (Lipinski definition) is 1. The largest absolute Gasteiger partial charge is 0.497 e. The Balaban J connectivity index is 1.93. The van der Waals surface area contributed by atoms with E-state index < -0.39 is 0 Å². The molecular weight excluding hydrogens is 342 g/mol. The van der Waals surface area contributed by atoms with Gasteiger partial charge < -0.3 is 24.2 Å². The monoisotopic (exact) mass is 373 g/mol. The van der Waals surface area contributed by atoms with E-state index in [1.54, 1.807) is 7.11 Å². The van der Waals surface area contributed by atoms with Crippen LogP contribution in [0.1, 0.15) is 23.0 Å². The number of nitrogens with zero attached hydrogens (tertiary/aromatic N) is 3. The second-order valence-electron chi connectivity index (χ2n) is 7.67.